The van der Waals surface area contributed by atoms with Crippen LogP contribution in [0.3, 0.4) is 0 Å². The van der Waals surface area contributed by atoms with Gasteiger partial charge in [0.2, 0.25) is 0 Å². The largest absolute Gasteiger partial charge is 0.453 e. The second kappa shape index (κ2) is 10.7. The summed E-state index contributed by atoms with van der Waals surface area (Å²) in [6, 6.07) is 6.93. The first kappa shape index (κ1) is 21.7. The van der Waals surface area contributed by atoms with Crippen LogP contribution in [0, 0.1) is 0 Å². The minimum atomic E-state index is -0.569. The minimum absolute atomic E-state index is 0.0743. The topological polar surface area (TPSA) is 112 Å². The molecule has 1 aromatic rings. The van der Waals surface area contributed by atoms with Crippen LogP contribution in [0.1, 0.15) is 44.9 Å². The number of likely N-dealkylation sites (tertiary alicyclic amines) is 1. The van der Waals surface area contributed by atoms with E-state index >= 15 is 0 Å². The summed E-state index contributed by atoms with van der Waals surface area (Å²) in [4.78, 5) is 37.8. The van der Waals surface area contributed by atoms with Gasteiger partial charge in [-0.3, -0.25) is 5.32 Å². The Morgan fingerprint density at radius 1 is 0.900 bits per heavy atom. The molecule has 2 fully saturated rings. The second-order valence-corrected chi connectivity index (χ2v) is 7.84. The number of anilines is 2. The van der Waals surface area contributed by atoms with E-state index in [9.17, 15) is 14.4 Å². The highest BCUT2D eigenvalue weighted by atomic mass is 16.5. The number of urea groups is 2. The van der Waals surface area contributed by atoms with E-state index in [1.165, 1.54) is 26.4 Å². The Bertz CT molecular complexity index is 743. The molecular formula is C21H31N5O4. The van der Waals surface area contributed by atoms with Crippen LogP contribution in [0.15, 0.2) is 24.3 Å². The maximum Gasteiger partial charge on any atom is 0.411 e. The standard InChI is InChI=1S/C21H31N5O4/c1-30-21(29)25-18-9-5-8-17(14-18)24-20(28)26-12-10-16(11-13-26)23-19(27)22-15-6-3-2-4-7-15/h5,8-9,14-16H,2-4,6-7,10-13H2,1H3,(H,24,28)(H,25,29)(H2,22,23,27). The number of hydrogen-bond donors (Lipinski definition) is 4. The van der Waals surface area contributed by atoms with E-state index < -0.39 is 6.09 Å². The molecule has 3 rings (SSSR count). The van der Waals surface area contributed by atoms with Gasteiger partial charge in [0, 0.05) is 36.5 Å². The molecule has 9 heteroatoms. The van der Waals surface area contributed by atoms with E-state index in [-0.39, 0.29) is 24.1 Å². The molecule has 1 heterocycles. The summed E-state index contributed by atoms with van der Waals surface area (Å²) in [7, 11) is 1.29. The molecule has 1 aliphatic carbocycles. The Hall–Kier alpha value is -2.97. The fourth-order valence-corrected chi connectivity index (χ4v) is 3.93. The van der Waals surface area contributed by atoms with Gasteiger partial charge in [-0.15, -0.1) is 0 Å². The average Bonchev–Trinajstić information content (AvgIpc) is 2.75. The molecule has 0 bridgehead atoms. The lowest BCUT2D eigenvalue weighted by molar-refractivity contribution is 0.186. The zero-order valence-electron chi connectivity index (χ0n) is 17.4. The van der Waals surface area contributed by atoms with E-state index in [1.807, 2.05) is 0 Å². The zero-order valence-corrected chi connectivity index (χ0v) is 17.4. The molecule has 1 saturated carbocycles. The van der Waals surface area contributed by atoms with Gasteiger partial charge in [-0.2, -0.15) is 0 Å². The van der Waals surface area contributed by atoms with Gasteiger partial charge >= 0.3 is 18.2 Å². The van der Waals surface area contributed by atoms with E-state index in [4.69, 9.17) is 0 Å². The first-order valence-corrected chi connectivity index (χ1v) is 10.6. The summed E-state index contributed by atoms with van der Waals surface area (Å²) in [5, 5.41) is 11.5. The fourth-order valence-electron chi connectivity index (χ4n) is 3.93. The van der Waals surface area contributed by atoms with E-state index in [0.717, 1.165) is 25.7 Å². The summed E-state index contributed by atoms with van der Waals surface area (Å²) in [5.74, 6) is 0. The number of hydrogen-bond acceptors (Lipinski definition) is 4. The van der Waals surface area contributed by atoms with Crippen LogP contribution in [-0.4, -0.2) is 55.3 Å². The average molecular weight is 418 g/mol. The Balaban J connectivity index is 1.41. The van der Waals surface area contributed by atoms with Gasteiger partial charge in [0.05, 0.1) is 7.11 Å². The monoisotopic (exact) mass is 417 g/mol. The molecule has 1 saturated heterocycles. The highest BCUT2D eigenvalue weighted by Crippen LogP contribution is 2.19. The first-order valence-electron chi connectivity index (χ1n) is 10.6. The van der Waals surface area contributed by atoms with Crippen LogP contribution in [0.2, 0.25) is 0 Å². The van der Waals surface area contributed by atoms with Crippen LogP contribution < -0.4 is 21.3 Å². The number of carbonyl (C=O) groups is 3. The number of amides is 5. The molecule has 1 aromatic carbocycles. The number of ether oxygens (including phenoxy) is 1. The van der Waals surface area contributed by atoms with Gasteiger partial charge in [0.15, 0.2) is 0 Å². The van der Waals surface area contributed by atoms with Crippen molar-refractivity contribution < 1.29 is 19.1 Å². The van der Waals surface area contributed by atoms with Crippen LogP contribution >= 0.6 is 0 Å². The zero-order chi connectivity index (χ0) is 21.3. The second-order valence-electron chi connectivity index (χ2n) is 7.84. The highest BCUT2D eigenvalue weighted by Gasteiger charge is 2.25. The summed E-state index contributed by atoms with van der Waals surface area (Å²) < 4.78 is 4.57. The van der Waals surface area contributed by atoms with Gasteiger partial charge < -0.3 is 25.6 Å². The molecule has 0 spiro atoms. The van der Waals surface area contributed by atoms with Crippen molar-refractivity contribution in [1.82, 2.24) is 15.5 Å². The number of nitrogens with zero attached hydrogens (tertiary/aromatic N) is 1. The summed E-state index contributed by atoms with van der Waals surface area (Å²) in [6.45, 7) is 1.14. The molecule has 30 heavy (non-hydrogen) atoms. The number of nitrogens with one attached hydrogen (secondary N) is 4. The van der Waals surface area contributed by atoms with Crippen molar-refractivity contribution in [3.8, 4) is 0 Å². The smallest absolute Gasteiger partial charge is 0.411 e. The lowest BCUT2D eigenvalue weighted by Gasteiger charge is -2.33. The quantitative estimate of drug-likeness (QED) is 0.601. The molecule has 1 aliphatic heterocycles. The summed E-state index contributed by atoms with van der Waals surface area (Å²) >= 11 is 0. The molecule has 4 N–H and O–H groups in total. The number of benzene rings is 1. The Morgan fingerprint density at radius 3 is 2.13 bits per heavy atom. The molecule has 0 unspecified atom stereocenters. The SMILES string of the molecule is COC(=O)Nc1cccc(NC(=O)N2CCC(NC(=O)NC3CCCCC3)CC2)c1. The lowest BCUT2D eigenvalue weighted by Crippen LogP contribution is -2.51. The Kier molecular flexibility index (Phi) is 7.75. The van der Waals surface area contributed by atoms with E-state index in [0.29, 0.717) is 24.5 Å². The van der Waals surface area contributed by atoms with Gasteiger partial charge in [0.25, 0.3) is 0 Å². The number of carbonyl (C=O) groups excluding carboxylic acids is 3. The molecule has 0 aromatic heterocycles. The lowest BCUT2D eigenvalue weighted by atomic mass is 9.96. The van der Waals surface area contributed by atoms with Crippen molar-refractivity contribution in [3.05, 3.63) is 24.3 Å². The van der Waals surface area contributed by atoms with Crippen molar-refractivity contribution in [2.24, 2.45) is 0 Å². The third-order valence-electron chi connectivity index (χ3n) is 5.60. The van der Waals surface area contributed by atoms with Crippen LogP contribution in [0.5, 0.6) is 0 Å². The molecule has 164 valence electrons. The highest BCUT2D eigenvalue weighted by molar-refractivity contribution is 5.91. The van der Waals surface area contributed by atoms with Gasteiger partial charge in [-0.1, -0.05) is 25.3 Å². The molecular weight excluding hydrogens is 386 g/mol. The van der Waals surface area contributed by atoms with Crippen molar-refractivity contribution in [2.75, 3.05) is 30.8 Å². The Morgan fingerprint density at radius 2 is 1.50 bits per heavy atom. The number of methoxy groups -OCH3 is 1. The van der Waals surface area contributed by atoms with Gasteiger partial charge in [-0.25, -0.2) is 14.4 Å². The van der Waals surface area contributed by atoms with Gasteiger partial charge in [0.1, 0.15) is 0 Å². The van der Waals surface area contributed by atoms with Crippen molar-refractivity contribution in [1.29, 1.82) is 0 Å². The van der Waals surface area contributed by atoms with Crippen LogP contribution in [0.4, 0.5) is 25.8 Å². The normalized spacial score (nSPS) is 17.7. The van der Waals surface area contributed by atoms with Crippen molar-refractivity contribution >= 4 is 29.5 Å². The van der Waals surface area contributed by atoms with Crippen LogP contribution in [-0.2, 0) is 4.74 Å². The predicted octanol–water partition coefficient (Wildman–Crippen LogP) is 3.49. The maximum absolute atomic E-state index is 12.6. The van der Waals surface area contributed by atoms with Crippen LogP contribution in [0.25, 0.3) is 0 Å². The molecule has 5 amide bonds. The third kappa shape index (κ3) is 6.53. The maximum atomic E-state index is 12.6. The van der Waals surface area contributed by atoms with E-state index in [1.54, 1.807) is 29.2 Å². The molecule has 0 atom stereocenters. The van der Waals surface area contributed by atoms with E-state index in [2.05, 4.69) is 26.0 Å². The third-order valence-corrected chi connectivity index (χ3v) is 5.60. The van der Waals surface area contributed by atoms with Crippen molar-refractivity contribution in [3.63, 3.8) is 0 Å². The minimum Gasteiger partial charge on any atom is -0.453 e. The Labute approximate surface area is 176 Å². The molecule has 0 radical (unpaired) electrons. The fraction of sp³-hybridized carbons (Fsp3) is 0.571. The molecule has 9 nitrogen and oxygen atoms in total. The first-order chi connectivity index (χ1) is 14.5. The number of piperidine rings is 1. The summed E-state index contributed by atoms with van der Waals surface area (Å²) in [5.41, 5.74) is 1.12. The summed E-state index contributed by atoms with van der Waals surface area (Å²) in [6.07, 6.45) is 6.60. The predicted molar refractivity (Wildman–Crippen MR) is 115 cm³/mol. The number of rotatable bonds is 4. The van der Waals surface area contributed by atoms with Crippen molar-refractivity contribution in [2.45, 2.75) is 57.0 Å². The van der Waals surface area contributed by atoms with Gasteiger partial charge in [-0.05, 0) is 43.9 Å². The molecule has 2 aliphatic rings.